The fourth-order valence-corrected chi connectivity index (χ4v) is 3.10. The molecule has 6 heteroatoms. The summed E-state index contributed by atoms with van der Waals surface area (Å²) in [7, 11) is 1.60. The minimum absolute atomic E-state index is 0.513. The minimum Gasteiger partial charge on any atom is -0.494 e. The van der Waals surface area contributed by atoms with Gasteiger partial charge in [-0.15, -0.1) is 11.3 Å². The van der Waals surface area contributed by atoms with Crippen LogP contribution in [0.4, 0.5) is 0 Å². The van der Waals surface area contributed by atoms with Gasteiger partial charge < -0.3 is 4.74 Å². The zero-order valence-corrected chi connectivity index (χ0v) is 12.7. The molecule has 21 heavy (non-hydrogen) atoms. The summed E-state index contributed by atoms with van der Waals surface area (Å²) in [5.74, 6) is 0.688. The minimum atomic E-state index is 0.513. The van der Waals surface area contributed by atoms with Gasteiger partial charge in [0.25, 0.3) is 0 Å². The third kappa shape index (κ3) is 2.57. The van der Waals surface area contributed by atoms with Crippen molar-refractivity contribution in [3.8, 4) is 22.0 Å². The van der Waals surface area contributed by atoms with Gasteiger partial charge in [0, 0.05) is 6.20 Å². The monoisotopic (exact) mass is 318 g/mol. The molecule has 0 saturated heterocycles. The number of rotatable bonds is 4. The second-order valence-corrected chi connectivity index (χ2v) is 5.99. The van der Waals surface area contributed by atoms with E-state index in [1.165, 1.54) is 11.3 Å². The Hall–Kier alpha value is -2.11. The lowest BCUT2D eigenvalue weighted by Crippen LogP contribution is -1.98. The summed E-state index contributed by atoms with van der Waals surface area (Å²) in [4.78, 5) is 12.2. The second kappa shape index (κ2) is 5.71. The highest BCUT2D eigenvalue weighted by Gasteiger charge is 2.15. The van der Waals surface area contributed by atoms with Crippen molar-refractivity contribution in [1.29, 1.82) is 0 Å². The van der Waals surface area contributed by atoms with Gasteiger partial charge in [0.15, 0.2) is 6.29 Å². The quantitative estimate of drug-likeness (QED) is 0.681. The number of aromatic nitrogens is 2. The van der Waals surface area contributed by atoms with E-state index in [0.29, 0.717) is 21.3 Å². The number of thiophene rings is 1. The average Bonchev–Trinajstić information content (AvgIpc) is 3.12. The summed E-state index contributed by atoms with van der Waals surface area (Å²) in [6.45, 7) is 0. The molecule has 0 bridgehead atoms. The molecule has 106 valence electrons. The highest BCUT2D eigenvalue weighted by Crippen LogP contribution is 2.33. The molecule has 0 amide bonds. The maximum atomic E-state index is 11.3. The molecule has 2 heterocycles. The molecular formula is C15H11ClN2O2S. The number of aldehydes is 1. The molecule has 0 aliphatic heterocycles. The largest absolute Gasteiger partial charge is 0.494 e. The van der Waals surface area contributed by atoms with Gasteiger partial charge in [-0.05, 0) is 24.3 Å². The van der Waals surface area contributed by atoms with Crippen LogP contribution in [0.1, 0.15) is 10.4 Å². The number of nitrogens with zero attached hydrogens (tertiary/aromatic N) is 2. The second-order valence-electron chi connectivity index (χ2n) is 4.27. The van der Waals surface area contributed by atoms with Crippen molar-refractivity contribution in [2.45, 2.75) is 0 Å². The maximum absolute atomic E-state index is 11.3. The summed E-state index contributed by atoms with van der Waals surface area (Å²) in [6, 6.07) is 11.1. The summed E-state index contributed by atoms with van der Waals surface area (Å²) >= 11 is 7.34. The number of ether oxygens (including phenoxy) is 1. The summed E-state index contributed by atoms with van der Waals surface area (Å²) in [5, 5.41) is 4.50. The Kier molecular flexibility index (Phi) is 3.77. The molecule has 1 aromatic carbocycles. The van der Waals surface area contributed by atoms with Crippen molar-refractivity contribution in [3.05, 3.63) is 52.5 Å². The van der Waals surface area contributed by atoms with Crippen molar-refractivity contribution >= 4 is 29.2 Å². The van der Waals surface area contributed by atoms with Crippen LogP contribution in [0.3, 0.4) is 0 Å². The van der Waals surface area contributed by atoms with Gasteiger partial charge >= 0.3 is 0 Å². The van der Waals surface area contributed by atoms with Crippen molar-refractivity contribution in [1.82, 2.24) is 9.78 Å². The SMILES string of the molecule is COc1ccccc1-n1cc(C=O)c(-c2ccc(Cl)s2)n1. The Morgan fingerprint density at radius 3 is 2.76 bits per heavy atom. The molecule has 4 nitrogen and oxygen atoms in total. The number of para-hydroxylation sites is 2. The van der Waals surface area contributed by atoms with Crippen LogP contribution < -0.4 is 4.74 Å². The molecule has 0 fully saturated rings. The molecule has 0 aliphatic carbocycles. The standard InChI is InChI=1S/C15H11ClN2O2S/c1-20-12-5-3-2-4-11(12)18-8-10(9-19)15(17-18)13-6-7-14(16)21-13/h2-9H,1H3. The molecule has 2 aromatic heterocycles. The van der Waals surface area contributed by atoms with Crippen LogP contribution in [0.25, 0.3) is 16.3 Å². The van der Waals surface area contributed by atoms with Gasteiger partial charge in [0.1, 0.15) is 17.1 Å². The van der Waals surface area contributed by atoms with E-state index in [1.54, 1.807) is 24.1 Å². The predicted molar refractivity (Wildman–Crippen MR) is 83.8 cm³/mol. The van der Waals surface area contributed by atoms with Gasteiger partial charge in [-0.25, -0.2) is 4.68 Å². The van der Waals surface area contributed by atoms with Crippen LogP contribution in [0.2, 0.25) is 4.34 Å². The topological polar surface area (TPSA) is 44.1 Å². The highest BCUT2D eigenvalue weighted by atomic mass is 35.5. The van der Waals surface area contributed by atoms with Gasteiger partial charge in [-0.2, -0.15) is 5.10 Å². The average molecular weight is 319 g/mol. The Bertz CT molecular complexity index is 795. The van der Waals surface area contributed by atoms with Crippen molar-refractivity contribution in [2.24, 2.45) is 0 Å². The number of halogens is 1. The molecule has 3 aromatic rings. The molecule has 0 unspecified atom stereocenters. The van der Waals surface area contributed by atoms with E-state index in [9.17, 15) is 4.79 Å². The van der Waals surface area contributed by atoms with Crippen LogP contribution in [0.15, 0.2) is 42.6 Å². The zero-order valence-electron chi connectivity index (χ0n) is 11.1. The lowest BCUT2D eigenvalue weighted by atomic mass is 10.2. The third-order valence-corrected chi connectivity index (χ3v) is 4.25. The smallest absolute Gasteiger partial charge is 0.153 e. The highest BCUT2D eigenvalue weighted by molar-refractivity contribution is 7.19. The van der Waals surface area contributed by atoms with E-state index >= 15 is 0 Å². The van der Waals surface area contributed by atoms with Crippen LogP contribution in [-0.4, -0.2) is 23.2 Å². The van der Waals surface area contributed by atoms with E-state index in [1.807, 2.05) is 30.3 Å². The first-order chi connectivity index (χ1) is 10.2. The fourth-order valence-electron chi connectivity index (χ4n) is 2.05. The van der Waals surface area contributed by atoms with Crippen LogP contribution in [0.5, 0.6) is 5.75 Å². The Labute approximate surface area is 130 Å². The van der Waals surface area contributed by atoms with Crippen molar-refractivity contribution in [2.75, 3.05) is 7.11 Å². The Balaban J connectivity index is 2.13. The van der Waals surface area contributed by atoms with Crippen LogP contribution >= 0.6 is 22.9 Å². The first-order valence-corrected chi connectivity index (χ1v) is 7.36. The number of hydrogen-bond donors (Lipinski definition) is 0. The lowest BCUT2D eigenvalue weighted by molar-refractivity contribution is 0.112. The van der Waals surface area contributed by atoms with Crippen LogP contribution in [0, 0.1) is 0 Å². The van der Waals surface area contributed by atoms with Gasteiger partial charge in [-0.1, -0.05) is 23.7 Å². The van der Waals surface area contributed by atoms with Crippen LogP contribution in [-0.2, 0) is 0 Å². The fraction of sp³-hybridized carbons (Fsp3) is 0.0667. The maximum Gasteiger partial charge on any atom is 0.153 e. The summed E-state index contributed by atoms with van der Waals surface area (Å²) in [5.41, 5.74) is 1.91. The van der Waals surface area contributed by atoms with Gasteiger partial charge in [-0.3, -0.25) is 4.79 Å². The first kappa shape index (κ1) is 13.9. The number of hydrogen-bond acceptors (Lipinski definition) is 4. The number of carbonyl (C=O) groups excluding carboxylic acids is 1. The van der Waals surface area contributed by atoms with E-state index in [0.717, 1.165) is 16.9 Å². The van der Waals surface area contributed by atoms with Gasteiger partial charge in [0.2, 0.25) is 0 Å². The normalized spacial score (nSPS) is 10.6. The Morgan fingerprint density at radius 1 is 1.29 bits per heavy atom. The molecule has 0 spiro atoms. The number of methoxy groups -OCH3 is 1. The molecule has 0 N–H and O–H groups in total. The van der Waals surface area contributed by atoms with E-state index in [4.69, 9.17) is 16.3 Å². The zero-order chi connectivity index (χ0) is 14.8. The molecule has 0 atom stereocenters. The first-order valence-electron chi connectivity index (χ1n) is 6.17. The molecule has 0 radical (unpaired) electrons. The molecule has 0 aliphatic rings. The number of carbonyl (C=O) groups is 1. The van der Waals surface area contributed by atoms with Gasteiger partial charge in [0.05, 0.1) is 21.9 Å². The lowest BCUT2D eigenvalue weighted by Gasteiger charge is -2.07. The van der Waals surface area contributed by atoms with E-state index < -0.39 is 0 Å². The molecular weight excluding hydrogens is 308 g/mol. The third-order valence-electron chi connectivity index (χ3n) is 3.01. The molecule has 3 rings (SSSR count). The van der Waals surface area contributed by atoms with E-state index in [-0.39, 0.29) is 0 Å². The van der Waals surface area contributed by atoms with Crippen molar-refractivity contribution in [3.63, 3.8) is 0 Å². The summed E-state index contributed by atoms with van der Waals surface area (Å²) < 4.78 is 7.63. The van der Waals surface area contributed by atoms with Crippen molar-refractivity contribution < 1.29 is 9.53 Å². The Morgan fingerprint density at radius 2 is 2.10 bits per heavy atom. The van der Waals surface area contributed by atoms with E-state index in [2.05, 4.69) is 5.10 Å². The molecule has 0 saturated carbocycles. The number of benzene rings is 1. The summed E-state index contributed by atoms with van der Waals surface area (Å²) in [6.07, 6.45) is 2.48. The predicted octanol–water partition coefficient (Wildman–Crippen LogP) is 4.08.